The van der Waals surface area contributed by atoms with Crippen molar-refractivity contribution in [3.63, 3.8) is 0 Å². The summed E-state index contributed by atoms with van der Waals surface area (Å²) in [6.45, 7) is 2.77. The van der Waals surface area contributed by atoms with Crippen LogP contribution in [0.25, 0.3) is 0 Å². The standard InChI is InChI=1S/C13H19ClOS/c1-11-10-12(6-7-13(11)14)15-8-4-2-3-5-9-16/h6-7,10,16H,2-5,8-9H2,1H3. The first-order valence-corrected chi connectivity index (χ1v) is 6.75. The van der Waals surface area contributed by atoms with Crippen LogP contribution in [-0.2, 0) is 0 Å². The summed E-state index contributed by atoms with van der Waals surface area (Å²) >= 11 is 10.1. The lowest BCUT2D eigenvalue weighted by atomic mass is 10.2. The van der Waals surface area contributed by atoms with E-state index in [-0.39, 0.29) is 0 Å². The average Bonchev–Trinajstić information content (AvgIpc) is 2.28. The van der Waals surface area contributed by atoms with Crippen LogP contribution >= 0.6 is 24.2 Å². The number of aryl methyl sites for hydroxylation is 1. The van der Waals surface area contributed by atoms with Crippen LogP contribution in [0.5, 0.6) is 5.75 Å². The Morgan fingerprint density at radius 2 is 1.94 bits per heavy atom. The second-order valence-corrected chi connectivity index (χ2v) is 4.75. The van der Waals surface area contributed by atoms with Crippen molar-refractivity contribution < 1.29 is 4.74 Å². The van der Waals surface area contributed by atoms with Crippen LogP contribution in [-0.4, -0.2) is 12.4 Å². The third-order valence-corrected chi connectivity index (χ3v) is 3.19. The molecule has 1 aromatic carbocycles. The molecule has 0 spiro atoms. The number of benzene rings is 1. The summed E-state index contributed by atoms with van der Waals surface area (Å²) in [5.74, 6) is 1.90. The van der Waals surface area contributed by atoms with Crippen molar-refractivity contribution in [3.05, 3.63) is 28.8 Å². The fraction of sp³-hybridized carbons (Fsp3) is 0.538. The van der Waals surface area contributed by atoms with Gasteiger partial charge in [-0.2, -0.15) is 12.6 Å². The van der Waals surface area contributed by atoms with Crippen molar-refractivity contribution in [1.29, 1.82) is 0 Å². The Kier molecular flexibility index (Phi) is 6.74. The van der Waals surface area contributed by atoms with E-state index >= 15 is 0 Å². The molecule has 0 fully saturated rings. The highest BCUT2D eigenvalue weighted by molar-refractivity contribution is 7.80. The zero-order valence-electron chi connectivity index (χ0n) is 9.71. The second kappa shape index (κ2) is 7.86. The highest BCUT2D eigenvalue weighted by Gasteiger charge is 1.98. The molecule has 0 aliphatic heterocycles. The number of ether oxygens (including phenoxy) is 1. The van der Waals surface area contributed by atoms with Crippen molar-refractivity contribution in [2.45, 2.75) is 32.6 Å². The maximum Gasteiger partial charge on any atom is 0.119 e. The molecule has 0 atom stereocenters. The van der Waals surface area contributed by atoms with Crippen molar-refractivity contribution in [2.75, 3.05) is 12.4 Å². The summed E-state index contributed by atoms with van der Waals surface area (Å²) in [4.78, 5) is 0. The van der Waals surface area contributed by atoms with E-state index in [4.69, 9.17) is 16.3 Å². The highest BCUT2D eigenvalue weighted by atomic mass is 35.5. The summed E-state index contributed by atoms with van der Waals surface area (Å²) in [7, 11) is 0. The van der Waals surface area contributed by atoms with Gasteiger partial charge in [0.2, 0.25) is 0 Å². The first-order chi connectivity index (χ1) is 7.74. The quantitative estimate of drug-likeness (QED) is 0.559. The van der Waals surface area contributed by atoms with Crippen LogP contribution in [0.1, 0.15) is 31.2 Å². The Labute approximate surface area is 109 Å². The van der Waals surface area contributed by atoms with E-state index in [1.54, 1.807) is 0 Å². The number of hydrogen-bond donors (Lipinski definition) is 1. The fourth-order valence-electron chi connectivity index (χ4n) is 1.46. The summed E-state index contributed by atoms with van der Waals surface area (Å²) in [5, 5.41) is 0.793. The molecule has 0 radical (unpaired) electrons. The van der Waals surface area contributed by atoms with E-state index in [0.29, 0.717) is 0 Å². The van der Waals surface area contributed by atoms with Crippen molar-refractivity contribution >= 4 is 24.2 Å². The molecule has 0 saturated heterocycles. The van der Waals surface area contributed by atoms with Gasteiger partial charge in [0.25, 0.3) is 0 Å². The van der Waals surface area contributed by atoms with E-state index in [1.807, 2.05) is 25.1 Å². The molecule has 0 unspecified atom stereocenters. The van der Waals surface area contributed by atoms with Crippen LogP contribution in [0.3, 0.4) is 0 Å². The maximum atomic E-state index is 5.94. The van der Waals surface area contributed by atoms with Crippen LogP contribution in [0.15, 0.2) is 18.2 Å². The number of thiol groups is 1. The Balaban J connectivity index is 2.19. The molecule has 1 rings (SSSR count). The molecule has 90 valence electrons. The normalized spacial score (nSPS) is 10.4. The minimum absolute atomic E-state index is 0.785. The van der Waals surface area contributed by atoms with E-state index < -0.39 is 0 Å². The monoisotopic (exact) mass is 258 g/mol. The van der Waals surface area contributed by atoms with E-state index in [9.17, 15) is 0 Å². The lowest BCUT2D eigenvalue weighted by Crippen LogP contribution is -1.97. The summed E-state index contributed by atoms with van der Waals surface area (Å²) in [6, 6.07) is 5.78. The molecule has 3 heteroatoms. The SMILES string of the molecule is Cc1cc(OCCCCCCS)ccc1Cl. The van der Waals surface area contributed by atoms with Gasteiger partial charge >= 0.3 is 0 Å². The molecular formula is C13H19ClOS. The first kappa shape index (κ1) is 13.7. The number of rotatable bonds is 7. The summed E-state index contributed by atoms with van der Waals surface area (Å²) < 4.78 is 5.64. The van der Waals surface area contributed by atoms with Crippen LogP contribution in [0, 0.1) is 6.92 Å². The molecule has 16 heavy (non-hydrogen) atoms. The predicted octanol–water partition coefficient (Wildman–Crippen LogP) is 4.52. The minimum atomic E-state index is 0.785. The maximum absolute atomic E-state index is 5.94. The predicted molar refractivity (Wildman–Crippen MR) is 74.0 cm³/mol. The van der Waals surface area contributed by atoms with Crippen LogP contribution < -0.4 is 4.74 Å². The summed E-state index contributed by atoms with van der Waals surface area (Å²) in [5.41, 5.74) is 1.06. The zero-order valence-corrected chi connectivity index (χ0v) is 11.4. The van der Waals surface area contributed by atoms with E-state index in [0.717, 1.165) is 35.1 Å². The van der Waals surface area contributed by atoms with Gasteiger partial charge in [0.15, 0.2) is 0 Å². The molecule has 1 aromatic rings. The van der Waals surface area contributed by atoms with Gasteiger partial charge in [-0.25, -0.2) is 0 Å². The van der Waals surface area contributed by atoms with E-state index in [1.165, 1.54) is 19.3 Å². The highest BCUT2D eigenvalue weighted by Crippen LogP contribution is 2.21. The van der Waals surface area contributed by atoms with Crippen molar-refractivity contribution in [2.24, 2.45) is 0 Å². The Hall–Kier alpha value is -0.340. The zero-order chi connectivity index (χ0) is 11.8. The third-order valence-electron chi connectivity index (χ3n) is 2.45. The molecule has 1 nitrogen and oxygen atoms in total. The number of hydrogen-bond acceptors (Lipinski definition) is 2. The minimum Gasteiger partial charge on any atom is -0.494 e. The van der Waals surface area contributed by atoms with Gasteiger partial charge in [-0.15, -0.1) is 0 Å². The lowest BCUT2D eigenvalue weighted by molar-refractivity contribution is 0.305. The fourth-order valence-corrected chi connectivity index (χ4v) is 1.81. The number of unbranched alkanes of at least 4 members (excludes halogenated alkanes) is 3. The van der Waals surface area contributed by atoms with Crippen LogP contribution in [0.4, 0.5) is 0 Å². The largest absolute Gasteiger partial charge is 0.494 e. The van der Waals surface area contributed by atoms with Gasteiger partial charge in [0.1, 0.15) is 5.75 Å². The molecule has 0 bridgehead atoms. The van der Waals surface area contributed by atoms with Gasteiger partial charge in [-0.3, -0.25) is 0 Å². The Morgan fingerprint density at radius 1 is 1.19 bits per heavy atom. The molecule has 0 heterocycles. The van der Waals surface area contributed by atoms with Gasteiger partial charge in [-0.1, -0.05) is 24.4 Å². The molecule has 0 N–H and O–H groups in total. The summed E-state index contributed by atoms with van der Waals surface area (Å²) in [6.07, 6.45) is 4.76. The smallest absolute Gasteiger partial charge is 0.119 e. The van der Waals surface area contributed by atoms with E-state index in [2.05, 4.69) is 12.6 Å². The second-order valence-electron chi connectivity index (χ2n) is 3.90. The number of halogens is 1. The molecule has 0 aromatic heterocycles. The Morgan fingerprint density at radius 3 is 2.62 bits per heavy atom. The Bertz CT molecular complexity index is 315. The third kappa shape index (κ3) is 5.13. The average molecular weight is 259 g/mol. The van der Waals surface area contributed by atoms with Gasteiger partial charge in [0.05, 0.1) is 6.61 Å². The molecule has 0 aliphatic rings. The molecule has 0 amide bonds. The topological polar surface area (TPSA) is 9.23 Å². The van der Waals surface area contributed by atoms with Gasteiger partial charge in [0, 0.05) is 5.02 Å². The van der Waals surface area contributed by atoms with Gasteiger partial charge in [-0.05, 0) is 49.3 Å². The molecular weight excluding hydrogens is 240 g/mol. The van der Waals surface area contributed by atoms with Crippen molar-refractivity contribution in [1.82, 2.24) is 0 Å². The van der Waals surface area contributed by atoms with Gasteiger partial charge < -0.3 is 4.74 Å². The molecule has 0 aliphatic carbocycles. The van der Waals surface area contributed by atoms with Crippen molar-refractivity contribution in [3.8, 4) is 5.75 Å². The lowest BCUT2D eigenvalue weighted by Gasteiger charge is -2.07. The van der Waals surface area contributed by atoms with Crippen LogP contribution in [0.2, 0.25) is 5.02 Å². The molecule has 0 saturated carbocycles. The first-order valence-electron chi connectivity index (χ1n) is 5.74.